The van der Waals surface area contributed by atoms with Crippen molar-refractivity contribution in [3.63, 3.8) is 0 Å². The summed E-state index contributed by atoms with van der Waals surface area (Å²) in [5, 5.41) is 0. The molecule has 1 aromatic carbocycles. The Morgan fingerprint density at radius 2 is 2.04 bits per heavy atom. The van der Waals surface area contributed by atoms with Crippen molar-refractivity contribution in [3.05, 3.63) is 70.3 Å². The number of benzene rings is 1. The first-order valence-corrected chi connectivity index (χ1v) is 9.66. The van der Waals surface area contributed by atoms with Gasteiger partial charge in [-0.3, -0.25) is 23.7 Å². The van der Waals surface area contributed by atoms with Crippen molar-refractivity contribution < 1.29 is 14.3 Å². The summed E-state index contributed by atoms with van der Waals surface area (Å²) in [5.41, 5.74) is 2.26. The molecule has 142 valence electrons. The third kappa shape index (κ3) is 3.63. The zero-order valence-electron chi connectivity index (χ0n) is 15.1. The van der Waals surface area contributed by atoms with Crippen molar-refractivity contribution >= 4 is 35.0 Å². The van der Waals surface area contributed by atoms with E-state index in [4.69, 9.17) is 4.74 Å². The summed E-state index contributed by atoms with van der Waals surface area (Å²) in [4.78, 5) is 43.5. The number of nitrogens with zero attached hydrogens (tertiary/aromatic N) is 3. The van der Waals surface area contributed by atoms with E-state index in [0.717, 1.165) is 10.5 Å². The SMILES string of the molecule is Cc1ccc2nc(COC(=O)CN3C(=O)CSc4ccccc43)cc(=O)n2c1. The molecule has 0 saturated carbocycles. The lowest BCUT2D eigenvalue weighted by molar-refractivity contribution is -0.144. The molecule has 0 aliphatic carbocycles. The smallest absolute Gasteiger partial charge is 0.326 e. The summed E-state index contributed by atoms with van der Waals surface area (Å²) in [6.45, 7) is 1.58. The van der Waals surface area contributed by atoms with Gasteiger partial charge in [0, 0.05) is 17.2 Å². The summed E-state index contributed by atoms with van der Waals surface area (Å²) in [6.07, 6.45) is 1.71. The summed E-state index contributed by atoms with van der Waals surface area (Å²) in [7, 11) is 0. The number of carbonyl (C=O) groups excluding carboxylic acids is 2. The van der Waals surface area contributed by atoms with Crippen molar-refractivity contribution in [3.8, 4) is 0 Å². The van der Waals surface area contributed by atoms with Gasteiger partial charge in [0.25, 0.3) is 5.56 Å². The predicted octanol–water partition coefficient (Wildman–Crippen LogP) is 2.19. The molecule has 0 atom stereocenters. The summed E-state index contributed by atoms with van der Waals surface area (Å²) in [6, 6.07) is 12.4. The van der Waals surface area contributed by atoms with Crippen LogP contribution >= 0.6 is 11.8 Å². The Labute approximate surface area is 165 Å². The zero-order chi connectivity index (χ0) is 19.7. The van der Waals surface area contributed by atoms with Crippen molar-refractivity contribution in [2.45, 2.75) is 18.4 Å². The molecule has 0 fully saturated rings. The second-order valence-corrected chi connectivity index (χ2v) is 7.43. The van der Waals surface area contributed by atoms with Crippen molar-refractivity contribution in [2.24, 2.45) is 0 Å². The fraction of sp³-hybridized carbons (Fsp3) is 0.200. The topological polar surface area (TPSA) is 81.0 Å². The number of hydrogen-bond acceptors (Lipinski definition) is 6. The first-order chi connectivity index (χ1) is 13.5. The number of thioether (sulfide) groups is 1. The summed E-state index contributed by atoms with van der Waals surface area (Å²) in [5.74, 6) is -0.411. The lowest BCUT2D eigenvalue weighted by atomic mass is 10.2. The van der Waals surface area contributed by atoms with Crippen LogP contribution < -0.4 is 10.5 Å². The highest BCUT2D eigenvalue weighted by Crippen LogP contribution is 2.34. The Hall–Kier alpha value is -3.13. The van der Waals surface area contributed by atoms with Gasteiger partial charge < -0.3 is 4.74 Å². The number of rotatable bonds is 4. The van der Waals surface area contributed by atoms with E-state index in [1.165, 1.54) is 27.1 Å². The minimum absolute atomic E-state index is 0.128. The molecule has 0 spiro atoms. The van der Waals surface area contributed by atoms with Crippen LogP contribution in [0.1, 0.15) is 11.3 Å². The Bertz CT molecular complexity index is 1140. The third-order valence-electron chi connectivity index (χ3n) is 4.34. The van der Waals surface area contributed by atoms with Crippen LogP contribution in [0, 0.1) is 6.92 Å². The van der Waals surface area contributed by atoms with Gasteiger partial charge in [0.2, 0.25) is 5.91 Å². The van der Waals surface area contributed by atoms with Crippen LogP contribution in [0.4, 0.5) is 5.69 Å². The number of hydrogen-bond donors (Lipinski definition) is 0. The number of para-hydroxylation sites is 1. The van der Waals surface area contributed by atoms with Crippen LogP contribution in [0.2, 0.25) is 0 Å². The van der Waals surface area contributed by atoms with Gasteiger partial charge in [-0.1, -0.05) is 18.2 Å². The molecule has 1 aliphatic heterocycles. The van der Waals surface area contributed by atoms with Crippen molar-refractivity contribution in [2.75, 3.05) is 17.2 Å². The number of pyridine rings is 1. The van der Waals surface area contributed by atoms with Crippen LogP contribution in [0.15, 0.2) is 58.4 Å². The maximum atomic E-state index is 12.3. The van der Waals surface area contributed by atoms with Crippen LogP contribution in [0.3, 0.4) is 0 Å². The lowest BCUT2D eigenvalue weighted by Gasteiger charge is -2.27. The molecule has 0 unspecified atom stereocenters. The third-order valence-corrected chi connectivity index (χ3v) is 5.38. The molecular formula is C20H17N3O4S. The molecule has 28 heavy (non-hydrogen) atoms. The predicted molar refractivity (Wildman–Crippen MR) is 106 cm³/mol. The molecule has 3 heterocycles. The lowest BCUT2D eigenvalue weighted by Crippen LogP contribution is -2.39. The van der Waals surface area contributed by atoms with E-state index in [9.17, 15) is 14.4 Å². The molecule has 0 N–H and O–H groups in total. The van der Waals surface area contributed by atoms with E-state index >= 15 is 0 Å². The molecule has 2 aromatic heterocycles. The van der Waals surface area contributed by atoms with Crippen LogP contribution in [-0.4, -0.2) is 33.6 Å². The number of fused-ring (bicyclic) bond motifs is 2. The number of aryl methyl sites for hydroxylation is 1. The molecule has 4 rings (SSSR count). The van der Waals surface area contributed by atoms with Gasteiger partial charge in [-0.25, -0.2) is 4.98 Å². The second kappa shape index (κ2) is 7.47. The zero-order valence-corrected chi connectivity index (χ0v) is 15.9. The van der Waals surface area contributed by atoms with Gasteiger partial charge >= 0.3 is 5.97 Å². The van der Waals surface area contributed by atoms with Crippen LogP contribution in [-0.2, 0) is 20.9 Å². The van der Waals surface area contributed by atoms with Gasteiger partial charge in [-0.15, -0.1) is 11.8 Å². The average Bonchev–Trinajstić information content (AvgIpc) is 2.69. The highest BCUT2D eigenvalue weighted by atomic mass is 32.2. The molecule has 8 heteroatoms. The van der Waals surface area contributed by atoms with Gasteiger partial charge in [-0.05, 0) is 30.7 Å². The monoisotopic (exact) mass is 395 g/mol. The maximum Gasteiger partial charge on any atom is 0.326 e. The average molecular weight is 395 g/mol. The van der Waals surface area contributed by atoms with E-state index in [-0.39, 0.29) is 30.4 Å². The van der Waals surface area contributed by atoms with Crippen LogP contribution in [0.25, 0.3) is 5.65 Å². The van der Waals surface area contributed by atoms with Gasteiger partial charge in [0.05, 0.1) is 17.1 Å². The Balaban J connectivity index is 1.47. The molecule has 3 aromatic rings. The summed E-state index contributed by atoms with van der Waals surface area (Å²) >= 11 is 1.45. The number of aromatic nitrogens is 2. The fourth-order valence-electron chi connectivity index (χ4n) is 2.99. The fourth-order valence-corrected chi connectivity index (χ4v) is 3.92. The molecule has 0 saturated heterocycles. The number of carbonyl (C=O) groups is 2. The van der Waals surface area contributed by atoms with Crippen molar-refractivity contribution in [1.29, 1.82) is 0 Å². The highest BCUT2D eigenvalue weighted by Gasteiger charge is 2.26. The number of esters is 1. The number of ether oxygens (including phenoxy) is 1. The number of anilines is 1. The Kier molecular flexibility index (Phi) is 4.87. The van der Waals surface area contributed by atoms with E-state index in [0.29, 0.717) is 17.0 Å². The quantitative estimate of drug-likeness (QED) is 0.630. The Morgan fingerprint density at radius 3 is 2.89 bits per heavy atom. The first-order valence-electron chi connectivity index (χ1n) is 8.68. The van der Waals surface area contributed by atoms with E-state index < -0.39 is 5.97 Å². The molecule has 0 radical (unpaired) electrons. The van der Waals surface area contributed by atoms with Gasteiger partial charge in [0.1, 0.15) is 18.8 Å². The largest absolute Gasteiger partial charge is 0.458 e. The van der Waals surface area contributed by atoms with E-state index in [1.807, 2.05) is 31.2 Å². The maximum absolute atomic E-state index is 12.3. The molecule has 1 amide bonds. The molecule has 7 nitrogen and oxygen atoms in total. The molecule has 0 bridgehead atoms. The van der Waals surface area contributed by atoms with Gasteiger partial charge in [-0.2, -0.15) is 0 Å². The first kappa shape index (κ1) is 18.2. The minimum atomic E-state index is -0.555. The van der Waals surface area contributed by atoms with Crippen LogP contribution in [0.5, 0.6) is 0 Å². The minimum Gasteiger partial charge on any atom is -0.458 e. The van der Waals surface area contributed by atoms with E-state index in [2.05, 4.69) is 4.98 Å². The number of amides is 1. The highest BCUT2D eigenvalue weighted by molar-refractivity contribution is 8.00. The molecule has 1 aliphatic rings. The normalized spacial score (nSPS) is 13.5. The molecular weight excluding hydrogens is 378 g/mol. The van der Waals surface area contributed by atoms with Gasteiger partial charge in [0.15, 0.2) is 0 Å². The Morgan fingerprint density at radius 1 is 1.21 bits per heavy atom. The second-order valence-electron chi connectivity index (χ2n) is 6.42. The summed E-state index contributed by atoms with van der Waals surface area (Å²) < 4.78 is 6.72. The standard InChI is InChI=1S/C20H17N3O4S/c1-13-6-7-17-21-14(8-18(24)23(17)9-13)11-27-20(26)10-22-15-4-2-3-5-16(15)28-12-19(22)25/h2-9H,10-12H2,1H3. The van der Waals surface area contributed by atoms with E-state index in [1.54, 1.807) is 18.3 Å². The van der Waals surface area contributed by atoms with Crippen molar-refractivity contribution in [1.82, 2.24) is 9.38 Å².